The number of methoxy groups -OCH3 is 1. The number of nitro benzene ring substituents is 1. The number of nitrogens with zero attached hydrogens (tertiary/aromatic N) is 2. The minimum Gasteiger partial charge on any atom is -0.497 e. The van der Waals surface area contributed by atoms with Crippen LogP contribution in [0.1, 0.15) is 27.0 Å². The molecule has 10 heteroatoms. The van der Waals surface area contributed by atoms with Crippen LogP contribution < -0.4 is 10.1 Å². The van der Waals surface area contributed by atoms with Gasteiger partial charge in [0.1, 0.15) is 5.75 Å². The van der Waals surface area contributed by atoms with Crippen LogP contribution in [0.2, 0.25) is 0 Å². The Kier molecular flexibility index (Phi) is 6.36. The Balaban J connectivity index is 1.53. The summed E-state index contributed by atoms with van der Waals surface area (Å²) >= 11 is 0. The number of sulfonamides is 1. The number of ether oxygens (including phenoxy) is 1. The molecule has 0 saturated carbocycles. The maximum Gasteiger partial charge on any atom is 0.273 e. The summed E-state index contributed by atoms with van der Waals surface area (Å²) in [7, 11) is -2.18. The molecule has 0 bridgehead atoms. The molecule has 0 fully saturated rings. The zero-order valence-corrected chi connectivity index (χ0v) is 19.5. The SMILES string of the molecule is COc1ccc(S(=O)(=O)N2CCc3ccc(NC(=O)c4ccc(C)c([N+](=O)[O-])c4)cc3C2)cc1. The maximum absolute atomic E-state index is 13.1. The molecule has 0 aliphatic carbocycles. The third kappa shape index (κ3) is 4.63. The molecule has 1 aliphatic rings. The molecule has 3 aromatic rings. The van der Waals surface area contributed by atoms with Gasteiger partial charge in [-0.3, -0.25) is 14.9 Å². The highest BCUT2D eigenvalue weighted by molar-refractivity contribution is 7.89. The molecule has 1 N–H and O–H groups in total. The van der Waals surface area contributed by atoms with Crippen molar-refractivity contribution >= 4 is 27.3 Å². The van der Waals surface area contributed by atoms with Crippen molar-refractivity contribution in [2.24, 2.45) is 0 Å². The van der Waals surface area contributed by atoms with E-state index in [0.29, 0.717) is 30.0 Å². The number of anilines is 1. The van der Waals surface area contributed by atoms with E-state index >= 15 is 0 Å². The first kappa shape index (κ1) is 23.4. The van der Waals surface area contributed by atoms with Gasteiger partial charge in [-0.15, -0.1) is 0 Å². The topological polar surface area (TPSA) is 119 Å². The lowest BCUT2D eigenvalue weighted by molar-refractivity contribution is -0.385. The molecule has 0 unspecified atom stereocenters. The number of fused-ring (bicyclic) bond motifs is 1. The van der Waals surface area contributed by atoms with Gasteiger partial charge >= 0.3 is 0 Å². The smallest absolute Gasteiger partial charge is 0.273 e. The van der Waals surface area contributed by atoms with E-state index in [1.54, 1.807) is 31.2 Å². The zero-order chi connectivity index (χ0) is 24.5. The molecule has 4 rings (SSSR count). The quantitative estimate of drug-likeness (QED) is 0.421. The first-order valence-corrected chi connectivity index (χ1v) is 12.0. The minimum absolute atomic E-state index is 0.127. The molecule has 0 saturated heterocycles. The van der Waals surface area contributed by atoms with Crippen molar-refractivity contribution < 1.29 is 22.9 Å². The van der Waals surface area contributed by atoms with Gasteiger partial charge in [0.2, 0.25) is 10.0 Å². The summed E-state index contributed by atoms with van der Waals surface area (Å²) in [4.78, 5) is 23.5. The van der Waals surface area contributed by atoms with Crippen LogP contribution in [0.3, 0.4) is 0 Å². The Bertz CT molecular complexity index is 1370. The van der Waals surface area contributed by atoms with E-state index in [9.17, 15) is 23.3 Å². The van der Waals surface area contributed by atoms with Crippen molar-refractivity contribution in [1.82, 2.24) is 4.31 Å². The number of nitro groups is 1. The summed E-state index contributed by atoms with van der Waals surface area (Å²) in [5.41, 5.74) is 2.78. The second-order valence-electron chi connectivity index (χ2n) is 7.96. The summed E-state index contributed by atoms with van der Waals surface area (Å²) in [6.07, 6.45) is 0.545. The van der Waals surface area contributed by atoms with Gasteiger partial charge in [0.15, 0.2) is 0 Å². The van der Waals surface area contributed by atoms with E-state index in [0.717, 1.165) is 11.1 Å². The number of nitrogens with one attached hydrogen (secondary N) is 1. The fourth-order valence-electron chi connectivity index (χ4n) is 3.86. The van der Waals surface area contributed by atoms with Crippen molar-refractivity contribution in [3.63, 3.8) is 0 Å². The molecule has 0 atom stereocenters. The highest BCUT2D eigenvalue weighted by Crippen LogP contribution is 2.28. The molecular weight excluding hydrogens is 458 g/mol. The third-order valence-electron chi connectivity index (χ3n) is 5.81. The fourth-order valence-corrected chi connectivity index (χ4v) is 5.28. The lowest BCUT2D eigenvalue weighted by Gasteiger charge is -2.28. The number of carbonyl (C=O) groups excluding carboxylic acids is 1. The molecule has 1 amide bonds. The molecule has 1 aliphatic heterocycles. The number of hydrogen-bond donors (Lipinski definition) is 1. The normalized spacial score (nSPS) is 13.7. The number of carbonyl (C=O) groups is 1. The summed E-state index contributed by atoms with van der Waals surface area (Å²) in [5.74, 6) is 0.0869. The van der Waals surface area contributed by atoms with Gasteiger partial charge < -0.3 is 10.1 Å². The average molecular weight is 482 g/mol. The third-order valence-corrected chi connectivity index (χ3v) is 7.67. The zero-order valence-electron chi connectivity index (χ0n) is 18.6. The highest BCUT2D eigenvalue weighted by atomic mass is 32.2. The van der Waals surface area contributed by atoms with Crippen molar-refractivity contribution in [3.05, 3.63) is 93.0 Å². The van der Waals surface area contributed by atoms with E-state index in [1.807, 2.05) is 6.07 Å². The Labute approximate surface area is 197 Å². The maximum atomic E-state index is 13.1. The number of rotatable bonds is 6. The molecule has 34 heavy (non-hydrogen) atoms. The van der Waals surface area contributed by atoms with Gasteiger partial charge in [0.25, 0.3) is 11.6 Å². The average Bonchev–Trinajstić information content (AvgIpc) is 2.83. The number of benzene rings is 3. The predicted octanol–water partition coefficient (Wildman–Crippen LogP) is 3.91. The van der Waals surface area contributed by atoms with Gasteiger partial charge in [0.05, 0.1) is 16.9 Å². The monoisotopic (exact) mass is 481 g/mol. The molecule has 0 spiro atoms. The Hall–Kier alpha value is -3.76. The second-order valence-corrected chi connectivity index (χ2v) is 9.90. The predicted molar refractivity (Wildman–Crippen MR) is 127 cm³/mol. The van der Waals surface area contributed by atoms with E-state index in [1.165, 1.54) is 41.7 Å². The largest absolute Gasteiger partial charge is 0.497 e. The van der Waals surface area contributed by atoms with Gasteiger partial charge in [0, 0.05) is 36.0 Å². The molecule has 1 heterocycles. The van der Waals surface area contributed by atoms with Crippen LogP contribution in [0.5, 0.6) is 5.75 Å². The van der Waals surface area contributed by atoms with Crippen molar-refractivity contribution in [3.8, 4) is 5.75 Å². The molecule has 3 aromatic carbocycles. The fraction of sp³-hybridized carbons (Fsp3) is 0.208. The van der Waals surface area contributed by atoms with Crippen molar-refractivity contribution in [2.75, 3.05) is 19.0 Å². The van der Waals surface area contributed by atoms with Crippen LogP contribution in [0.15, 0.2) is 65.6 Å². The van der Waals surface area contributed by atoms with E-state index in [2.05, 4.69) is 5.32 Å². The first-order chi connectivity index (χ1) is 16.2. The summed E-state index contributed by atoms with van der Waals surface area (Å²) in [6.45, 7) is 2.12. The van der Waals surface area contributed by atoms with Gasteiger partial charge in [-0.05, 0) is 66.9 Å². The van der Waals surface area contributed by atoms with E-state index in [-0.39, 0.29) is 22.7 Å². The second kappa shape index (κ2) is 9.24. The standard InChI is InChI=1S/C24H23N3O6S/c1-16-3-4-18(14-23(16)27(29)30)24(28)25-20-6-5-17-11-12-26(15-19(17)13-20)34(31,32)22-9-7-21(33-2)8-10-22/h3-10,13-14H,11-12,15H2,1-2H3,(H,25,28). The Morgan fingerprint density at radius 2 is 1.79 bits per heavy atom. The van der Waals surface area contributed by atoms with Crippen LogP contribution in [-0.4, -0.2) is 37.2 Å². The number of aryl methyl sites for hydroxylation is 1. The van der Waals surface area contributed by atoms with Gasteiger partial charge in [-0.1, -0.05) is 12.1 Å². The lowest BCUT2D eigenvalue weighted by Crippen LogP contribution is -2.36. The van der Waals surface area contributed by atoms with E-state index in [4.69, 9.17) is 4.74 Å². The molecule has 9 nitrogen and oxygen atoms in total. The first-order valence-electron chi connectivity index (χ1n) is 10.5. The van der Waals surface area contributed by atoms with Crippen LogP contribution in [-0.2, 0) is 23.0 Å². The van der Waals surface area contributed by atoms with E-state index < -0.39 is 20.9 Å². The molecule has 0 aromatic heterocycles. The summed E-state index contributed by atoms with van der Waals surface area (Å²) < 4.78 is 32.7. The van der Waals surface area contributed by atoms with Crippen LogP contribution in [0, 0.1) is 17.0 Å². The van der Waals surface area contributed by atoms with Crippen molar-refractivity contribution in [1.29, 1.82) is 0 Å². The summed E-state index contributed by atoms with van der Waals surface area (Å²) in [5, 5.41) is 13.9. The number of amides is 1. The van der Waals surface area contributed by atoms with Crippen LogP contribution >= 0.6 is 0 Å². The molecular formula is C24H23N3O6S. The molecule has 0 radical (unpaired) electrons. The van der Waals surface area contributed by atoms with Crippen LogP contribution in [0.4, 0.5) is 11.4 Å². The Morgan fingerprint density at radius 3 is 2.47 bits per heavy atom. The van der Waals surface area contributed by atoms with Crippen molar-refractivity contribution in [2.45, 2.75) is 24.8 Å². The highest BCUT2D eigenvalue weighted by Gasteiger charge is 2.28. The van der Waals surface area contributed by atoms with Gasteiger partial charge in [-0.2, -0.15) is 4.31 Å². The van der Waals surface area contributed by atoms with Gasteiger partial charge in [-0.25, -0.2) is 8.42 Å². The summed E-state index contributed by atoms with van der Waals surface area (Å²) in [6, 6.07) is 15.9. The Morgan fingerprint density at radius 1 is 1.06 bits per heavy atom. The number of hydrogen-bond acceptors (Lipinski definition) is 6. The minimum atomic E-state index is -3.70. The van der Waals surface area contributed by atoms with Crippen LogP contribution in [0.25, 0.3) is 0 Å². The lowest BCUT2D eigenvalue weighted by atomic mass is 10.0. The molecule has 176 valence electrons.